The number of primary sulfonamides is 1. The molecule has 13 heteroatoms. The zero-order valence-corrected chi connectivity index (χ0v) is 16.4. The van der Waals surface area contributed by atoms with Gasteiger partial charge >= 0.3 is 5.91 Å². The normalized spacial score (nSPS) is 10.9. The van der Waals surface area contributed by atoms with E-state index < -0.39 is 15.9 Å². The van der Waals surface area contributed by atoms with Gasteiger partial charge in [-0.1, -0.05) is 18.2 Å². The van der Waals surface area contributed by atoms with E-state index in [1.54, 1.807) is 12.1 Å². The van der Waals surface area contributed by atoms with E-state index in [1.165, 1.54) is 28.9 Å². The first-order chi connectivity index (χ1) is 13.7. The van der Waals surface area contributed by atoms with Gasteiger partial charge in [-0.05, 0) is 48.6 Å². The van der Waals surface area contributed by atoms with Gasteiger partial charge < -0.3 is 11.1 Å². The number of carbonyl (C=O) groups is 1. The Bertz CT molecular complexity index is 1140. The van der Waals surface area contributed by atoms with Gasteiger partial charge in [0, 0.05) is 5.69 Å². The number of sulfonamides is 1. The van der Waals surface area contributed by atoms with Crippen molar-refractivity contribution in [3.05, 3.63) is 60.4 Å². The van der Waals surface area contributed by atoms with E-state index in [9.17, 15) is 13.2 Å². The van der Waals surface area contributed by atoms with Crippen molar-refractivity contribution in [2.45, 2.75) is 4.90 Å². The average Bonchev–Trinajstić information content (AvgIpc) is 3.08. The van der Waals surface area contributed by atoms with E-state index in [2.05, 4.69) is 26.3 Å². The van der Waals surface area contributed by atoms with Gasteiger partial charge in [0.15, 0.2) is 5.11 Å². The Labute approximate surface area is 171 Å². The summed E-state index contributed by atoms with van der Waals surface area (Å²) >= 11 is 5.09. The number of hydrogen-bond acceptors (Lipinski definition) is 7. The van der Waals surface area contributed by atoms with Crippen molar-refractivity contribution >= 4 is 44.9 Å². The molecule has 7 N–H and O–H groups in total. The first-order valence-corrected chi connectivity index (χ1v) is 9.97. The summed E-state index contributed by atoms with van der Waals surface area (Å²) in [7, 11) is -3.83. The molecule has 0 aliphatic rings. The minimum absolute atomic E-state index is 0.0662. The molecule has 0 aliphatic heterocycles. The summed E-state index contributed by atoms with van der Waals surface area (Å²) in [4.78, 5) is 16.1. The highest BCUT2D eigenvalue weighted by Crippen LogP contribution is 2.15. The molecular formula is C16H16N8O3S2. The van der Waals surface area contributed by atoms with Crippen molar-refractivity contribution in [1.29, 1.82) is 0 Å². The standard InChI is InChI=1S/C16H16N8O3S2/c17-15-20-13(14(25)21-22-16(28)19-10-4-2-1-3-5-10)23-24(15)11-6-8-12(9-7-11)29(18,26)27/h1-9H,(H,21,25)(H2,17,20,23)(H2,18,26,27)(H2,19,22,28). The number of hydrazine groups is 1. The maximum atomic E-state index is 12.2. The minimum atomic E-state index is -3.83. The SMILES string of the molecule is Nc1nc(C(=O)NNC(=S)Nc2ccccc2)nn1-c1ccc(S(N)(=O)=O)cc1. The summed E-state index contributed by atoms with van der Waals surface area (Å²) in [5.41, 5.74) is 11.8. The van der Waals surface area contributed by atoms with Gasteiger partial charge in [-0.2, -0.15) is 9.67 Å². The van der Waals surface area contributed by atoms with Crippen LogP contribution in [-0.4, -0.2) is 34.2 Å². The second-order valence-corrected chi connectivity index (χ2v) is 7.61. The molecule has 0 saturated heterocycles. The Morgan fingerprint density at radius 2 is 1.69 bits per heavy atom. The quantitative estimate of drug-likeness (QED) is 0.284. The van der Waals surface area contributed by atoms with Crippen LogP contribution in [0.4, 0.5) is 11.6 Å². The molecule has 0 unspecified atom stereocenters. The highest BCUT2D eigenvalue weighted by Gasteiger charge is 2.16. The maximum absolute atomic E-state index is 12.2. The molecule has 1 amide bonds. The van der Waals surface area contributed by atoms with Crippen LogP contribution in [0.1, 0.15) is 10.6 Å². The monoisotopic (exact) mass is 432 g/mol. The van der Waals surface area contributed by atoms with Gasteiger partial charge in [0.2, 0.25) is 21.8 Å². The largest absolute Gasteiger partial charge is 0.368 e. The first kappa shape index (κ1) is 20.2. The third-order valence-corrected chi connectivity index (χ3v) is 4.70. The van der Waals surface area contributed by atoms with E-state index in [0.717, 1.165) is 5.69 Å². The lowest BCUT2D eigenvalue weighted by molar-refractivity contribution is 0.0934. The zero-order chi connectivity index (χ0) is 21.0. The summed E-state index contributed by atoms with van der Waals surface area (Å²) in [6.07, 6.45) is 0. The topological polar surface area (TPSA) is 170 Å². The Hall–Kier alpha value is -3.55. The molecule has 3 rings (SSSR count). The number of carbonyl (C=O) groups excluding carboxylic acids is 1. The molecular weight excluding hydrogens is 416 g/mol. The van der Waals surface area contributed by atoms with Crippen LogP contribution in [0.2, 0.25) is 0 Å². The molecule has 1 heterocycles. The first-order valence-electron chi connectivity index (χ1n) is 8.02. The smallest absolute Gasteiger partial charge is 0.309 e. The van der Waals surface area contributed by atoms with Gasteiger partial charge in [-0.3, -0.25) is 15.6 Å². The molecule has 29 heavy (non-hydrogen) atoms. The number of nitrogens with zero attached hydrogens (tertiary/aromatic N) is 3. The van der Waals surface area contributed by atoms with Gasteiger partial charge in [0.1, 0.15) is 0 Å². The van der Waals surface area contributed by atoms with Gasteiger partial charge in [-0.15, -0.1) is 5.10 Å². The molecule has 0 fully saturated rings. The number of benzene rings is 2. The van der Waals surface area contributed by atoms with Crippen LogP contribution in [0.15, 0.2) is 59.5 Å². The zero-order valence-electron chi connectivity index (χ0n) is 14.7. The van der Waals surface area contributed by atoms with Crippen LogP contribution in [-0.2, 0) is 10.0 Å². The lowest BCUT2D eigenvalue weighted by Gasteiger charge is -2.10. The fourth-order valence-corrected chi connectivity index (χ4v) is 2.92. The molecule has 3 aromatic rings. The van der Waals surface area contributed by atoms with Crippen molar-refractivity contribution in [2.24, 2.45) is 5.14 Å². The van der Waals surface area contributed by atoms with Crippen molar-refractivity contribution < 1.29 is 13.2 Å². The Morgan fingerprint density at radius 1 is 1.03 bits per heavy atom. The van der Waals surface area contributed by atoms with Crippen LogP contribution >= 0.6 is 12.2 Å². The van der Waals surface area contributed by atoms with Gasteiger partial charge in [0.25, 0.3) is 0 Å². The Morgan fingerprint density at radius 3 is 2.31 bits per heavy atom. The number of nitrogens with two attached hydrogens (primary N) is 2. The lowest BCUT2D eigenvalue weighted by atomic mass is 10.3. The molecule has 0 atom stereocenters. The van der Waals surface area contributed by atoms with Gasteiger partial charge in [-0.25, -0.2) is 13.6 Å². The van der Waals surface area contributed by atoms with Crippen LogP contribution < -0.4 is 27.0 Å². The third-order valence-electron chi connectivity index (χ3n) is 3.57. The molecule has 11 nitrogen and oxygen atoms in total. The Balaban J connectivity index is 1.66. The molecule has 2 aromatic carbocycles. The van der Waals surface area contributed by atoms with Crippen molar-refractivity contribution in [2.75, 3.05) is 11.1 Å². The summed E-state index contributed by atoms with van der Waals surface area (Å²) in [6.45, 7) is 0. The molecule has 1 aromatic heterocycles. The fourth-order valence-electron chi connectivity index (χ4n) is 2.24. The highest BCUT2D eigenvalue weighted by atomic mass is 32.2. The molecule has 0 bridgehead atoms. The van der Waals surface area contributed by atoms with E-state index in [0.29, 0.717) is 5.69 Å². The van der Waals surface area contributed by atoms with Crippen LogP contribution in [0.3, 0.4) is 0 Å². The van der Waals surface area contributed by atoms with Crippen LogP contribution in [0.25, 0.3) is 5.69 Å². The van der Waals surface area contributed by atoms with Crippen molar-refractivity contribution in [1.82, 2.24) is 25.6 Å². The number of para-hydroxylation sites is 1. The number of anilines is 2. The summed E-state index contributed by atoms with van der Waals surface area (Å²) in [5, 5.41) is 12.1. The number of thiocarbonyl (C=S) groups is 1. The van der Waals surface area contributed by atoms with E-state index in [-0.39, 0.29) is 21.8 Å². The fraction of sp³-hybridized carbons (Fsp3) is 0. The lowest BCUT2D eigenvalue weighted by Crippen LogP contribution is -2.44. The van der Waals surface area contributed by atoms with Crippen LogP contribution in [0, 0.1) is 0 Å². The summed E-state index contributed by atoms with van der Waals surface area (Å²) in [5.74, 6) is -0.953. The predicted octanol–water partition coefficient (Wildman–Crippen LogP) is 0.128. The number of amides is 1. The van der Waals surface area contributed by atoms with Gasteiger partial charge in [0.05, 0.1) is 10.6 Å². The number of nitrogen functional groups attached to an aromatic ring is 1. The van der Waals surface area contributed by atoms with E-state index in [1.807, 2.05) is 18.2 Å². The summed E-state index contributed by atoms with van der Waals surface area (Å²) < 4.78 is 23.8. The third kappa shape index (κ3) is 5.04. The second-order valence-electron chi connectivity index (χ2n) is 5.64. The molecule has 0 spiro atoms. The molecule has 0 saturated carbocycles. The predicted molar refractivity (Wildman–Crippen MR) is 110 cm³/mol. The number of hydrogen-bond donors (Lipinski definition) is 5. The number of aromatic nitrogens is 3. The summed E-state index contributed by atoms with van der Waals surface area (Å²) in [6, 6.07) is 14.6. The van der Waals surface area contributed by atoms with Crippen LogP contribution in [0.5, 0.6) is 0 Å². The van der Waals surface area contributed by atoms with Crippen molar-refractivity contribution in [3.63, 3.8) is 0 Å². The highest BCUT2D eigenvalue weighted by molar-refractivity contribution is 7.89. The molecule has 0 radical (unpaired) electrons. The molecule has 150 valence electrons. The van der Waals surface area contributed by atoms with Crippen molar-refractivity contribution in [3.8, 4) is 5.69 Å². The minimum Gasteiger partial charge on any atom is -0.368 e. The van der Waals surface area contributed by atoms with E-state index >= 15 is 0 Å². The second kappa shape index (κ2) is 8.22. The number of rotatable bonds is 4. The Kier molecular flexibility index (Phi) is 5.72. The van der Waals surface area contributed by atoms with E-state index in [4.69, 9.17) is 23.1 Å². The average molecular weight is 432 g/mol. The molecule has 0 aliphatic carbocycles. The maximum Gasteiger partial charge on any atom is 0.309 e. The number of nitrogens with one attached hydrogen (secondary N) is 3.